The van der Waals surface area contributed by atoms with Crippen molar-refractivity contribution in [3.8, 4) is 22.6 Å². The maximum Gasteiger partial charge on any atom is 0.308 e. The number of benzene rings is 2. The van der Waals surface area contributed by atoms with Gasteiger partial charge < -0.3 is 33.9 Å². The number of esters is 1. The molecule has 8 nitrogen and oxygen atoms in total. The molecule has 1 aliphatic heterocycles. The minimum Gasteiger partial charge on any atom is -0.487 e. The summed E-state index contributed by atoms with van der Waals surface area (Å²) in [4.78, 5) is 11.8. The van der Waals surface area contributed by atoms with Crippen molar-refractivity contribution in [1.29, 1.82) is 0 Å². The highest BCUT2D eigenvalue weighted by Gasteiger charge is 2.38. The Morgan fingerprint density at radius 2 is 1.81 bits per heavy atom. The largest absolute Gasteiger partial charge is 0.487 e. The summed E-state index contributed by atoms with van der Waals surface area (Å²) in [6.07, 6.45) is 1.75. The van der Waals surface area contributed by atoms with Crippen LogP contribution >= 0.6 is 0 Å². The number of fused-ring (bicyclic) bond motifs is 1. The molecule has 3 rings (SSSR count). The van der Waals surface area contributed by atoms with Crippen LogP contribution < -0.4 is 9.47 Å². The van der Waals surface area contributed by atoms with E-state index in [1.54, 1.807) is 32.2 Å². The van der Waals surface area contributed by atoms with Crippen molar-refractivity contribution in [2.24, 2.45) is 0 Å². The summed E-state index contributed by atoms with van der Waals surface area (Å²) in [6, 6.07) is 6.18. The van der Waals surface area contributed by atoms with Crippen LogP contribution in [0.25, 0.3) is 17.2 Å². The van der Waals surface area contributed by atoms with Crippen LogP contribution in [0.5, 0.6) is 11.5 Å². The molecule has 1 heterocycles. The summed E-state index contributed by atoms with van der Waals surface area (Å²) < 4.78 is 42.4. The smallest absolute Gasteiger partial charge is 0.308 e. The average Bonchev–Trinajstić information content (AvgIpc) is 3.23. The summed E-state index contributed by atoms with van der Waals surface area (Å²) in [7, 11) is 1.61. The maximum atomic E-state index is 14.0. The van der Waals surface area contributed by atoms with Gasteiger partial charge in [-0.15, -0.1) is 0 Å². The zero-order chi connectivity index (χ0) is 30.9. The van der Waals surface area contributed by atoms with Gasteiger partial charge in [0.2, 0.25) is 0 Å². The van der Waals surface area contributed by atoms with Gasteiger partial charge in [0.15, 0.2) is 11.5 Å². The van der Waals surface area contributed by atoms with E-state index in [1.807, 2.05) is 19.9 Å². The molecule has 1 aliphatic rings. The molecular formula is C33H45FO8. The number of rotatable bonds is 16. The lowest BCUT2D eigenvalue weighted by Crippen LogP contribution is -2.25. The number of aliphatic hydroxyl groups excluding tert-OH is 2. The van der Waals surface area contributed by atoms with Crippen LogP contribution in [-0.2, 0) is 25.4 Å². The van der Waals surface area contributed by atoms with Crippen molar-refractivity contribution in [2.75, 3.05) is 40.1 Å². The van der Waals surface area contributed by atoms with E-state index in [4.69, 9.17) is 23.7 Å². The van der Waals surface area contributed by atoms with Gasteiger partial charge in [0.05, 0.1) is 45.1 Å². The maximum absolute atomic E-state index is 14.0. The highest BCUT2D eigenvalue weighted by atomic mass is 19.1. The van der Waals surface area contributed by atoms with Crippen molar-refractivity contribution in [3.05, 3.63) is 52.8 Å². The van der Waals surface area contributed by atoms with Gasteiger partial charge in [-0.1, -0.05) is 38.1 Å². The Morgan fingerprint density at radius 1 is 1.12 bits per heavy atom. The van der Waals surface area contributed by atoms with Gasteiger partial charge in [-0.25, -0.2) is 4.39 Å². The Balaban J connectivity index is 2.10. The molecule has 0 bridgehead atoms. The van der Waals surface area contributed by atoms with Gasteiger partial charge in [0, 0.05) is 31.1 Å². The molecule has 0 fully saturated rings. The summed E-state index contributed by atoms with van der Waals surface area (Å²) in [5.74, 6) is 0.378. The van der Waals surface area contributed by atoms with E-state index in [0.29, 0.717) is 43.3 Å². The fourth-order valence-electron chi connectivity index (χ4n) is 5.19. The molecule has 2 N–H and O–H groups in total. The minimum atomic E-state index is -1.06. The quantitative estimate of drug-likeness (QED) is 0.197. The van der Waals surface area contributed by atoms with Crippen LogP contribution in [-0.4, -0.2) is 74.1 Å². The molecular weight excluding hydrogens is 543 g/mol. The molecule has 2 unspecified atom stereocenters. The zero-order valence-corrected chi connectivity index (χ0v) is 25.6. The fraction of sp³-hybridized carbons (Fsp3) is 0.545. The number of ether oxygens (including phenoxy) is 5. The number of halogens is 1. The van der Waals surface area contributed by atoms with Gasteiger partial charge >= 0.3 is 5.97 Å². The Kier molecular flexibility index (Phi) is 12.4. The van der Waals surface area contributed by atoms with Crippen LogP contribution in [0, 0.1) is 5.82 Å². The van der Waals surface area contributed by atoms with E-state index >= 15 is 0 Å². The normalized spacial score (nSPS) is 15.5. The van der Waals surface area contributed by atoms with Gasteiger partial charge in [-0.2, -0.15) is 0 Å². The molecule has 232 valence electrons. The molecule has 2 aromatic carbocycles. The van der Waals surface area contributed by atoms with Gasteiger partial charge in [-0.3, -0.25) is 4.79 Å². The van der Waals surface area contributed by atoms with Crippen molar-refractivity contribution in [2.45, 2.75) is 77.6 Å². The van der Waals surface area contributed by atoms with Crippen LogP contribution in [0.15, 0.2) is 30.3 Å². The second kappa shape index (κ2) is 15.5. The number of carbonyl (C=O) groups is 1. The third kappa shape index (κ3) is 9.01. The second-order valence-corrected chi connectivity index (χ2v) is 11.3. The lowest BCUT2D eigenvalue weighted by atomic mass is 9.83. The summed E-state index contributed by atoms with van der Waals surface area (Å²) >= 11 is 0. The predicted molar refractivity (Wildman–Crippen MR) is 159 cm³/mol. The first-order valence-electron chi connectivity index (χ1n) is 14.5. The van der Waals surface area contributed by atoms with Crippen molar-refractivity contribution in [3.63, 3.8) is 0 Å². The van der Waals surface area contributed by atoms with Crippen molar-refractivity contribution < 1.29 is 43.1 Å². The number of methoxy groups -OCH3 is 1. The molecule has 0 saturated carbocycles. The highest BCUT2D eigenvalue weighted by Crippen LogP contribution is 2.53. The molecule has 42 heavy (non-hydrogen) atoms. The molecule has 9 heteroatoms. The Hall–Kier alpha value is -2.98. The highest BCUT2D eigenvalue weighted by molar-refractivity contribution is 5.87. The number of carbonyl (C=O) groups excluding carboxylic acids is 1. The Bertz CT molecular complexity index is 1210. The minimum absolute atomic E-state index is 0.0402. The molecule has 2 atom stereocenters. The number of aliphatic hydroxyl groups is 2. The van der Waals surface area contributed by atoms with Crippen LogP contribution in [0.3, 0.4) is 0 Å². The molecule has 2 aromatic rings. The Labute approximate surface area is 248 Å². The van der Waals surface area contributed by atoms with E-state index < -0.39 is 23.8 Å². The van der Waals surface area contributed by atoms with Gasteiger partial charge in [-0.05, 0) is 55.5 Å². The third-order valence-corrected chi connectivity index (χ3v) is 6.90. The molecule has 0 aromatic heterocycles. The van der Waals surface area contributed by atoms with Crippen molar-refractivity contribution >= 4 is 12.0 Å². The zero-order valence-electron chi connectivity index (χ0n) is 25.6. The molecule has 0 saturated heterocycles. The standard InChI is InChI=1S/C33H45FO8/c1-7-40-28(37)19-25(36)18-24(35)12-13-26-29(21(2)3)27-20-33(4,5)42-31(27)32(41-17-16-39-15-14-38-6)30(26)22-8-10-23(34)11-9-22/h8-13,21,24-25,35-36H,7,14-20H2,1-6H3. The number of hydrogen-bond donors (Lipinski definition) is 2. The fourth-order valence-corrected chi connectivity index (χ4v) is 5.19. The van der Waals surface area contributed by atoms with E-state index in [2.05, 4.69) is 13.8 Å². The molecule has 0 amide bonds. The van der Waals surface area contributed by atoms with E-state index in [-0.39, 0.29) is 37.8 Å². The number of hydrogen-bond acceptors (Lipinski definition) is 8. The lowest BCUT2D eigenvalue weighted by molar-refractivity contribution is -0.145. The first-order chi connectivity index (χ1) is 20.0. The Morgan fingerprint density at radius 3 is 2.45 bits per heavy atom. The summed E-state index contributed by atoms with van der Waals surface area (Å²) in [5.41, 5.74) is 3.83. The van der Waals surface area contributed by atoms with Crippen LogP contribution in [0.1, 0.15) is 70.1 Å². The van der Waals surface area contributed by atoms with Crippen LogP contribution in [0.2, 0.25) is 0 Å². The SMILES string of the molecule is CCOC(=O)CC(O)CC(O)C=Cc1c(-c2ccc(F)cc2)c(OCCOCCOC)c2c(c1C(C)C)CC(C)(C)O2. The van der Waals surface area contributed by atoms with E-state index in [0.717, 1.165) is 22.3 Å². The third-order valence-electron chi connectivity index (χ3n) is 6.90. The first kappa shape index (κ1) is 33.5. The summed E-state index contributed by atoms with van der Waals surface area (Å²) in [5, 5.41) is 21.1. The van der Waals surface area contributed by atoms with E-state index in [9.17, 15) is 19.4 Å². The van der Waals surface area contributed by atoms with Gasteiger partial charge in [0.25, 0.3) is 0 Å². The molecule has 0 aliphatic carbocycles. The monoisotopic (exact) mass is 588 g/mol. The van der Waals surface area contributed by atoms with Crippen molar-refractivity contribution in [1.82, 2.24) is 0 Å². The second-order valence-electron chi connectivity index (χ2n) is 11.3. The summed E-state index contributed by atoms with van der Waals surface area (Å²) in [6.45, 7) is 11.6. The van der Waals surface area contributed by atoms with Crippen LogP contribution in [0.4, 0.5) is 4.39 Å². The lowest BCUT2D eigenvalue weighted by Gasteiger charge is -2.24. The average molecular weight is 589 g/mol. The molecule has 0 spiro atoms. The topological polar surface area (TPSA) is 104 Å². The van der Waals surface area contributed by atoms with Gasteiger partial charge in [0.1, 0.15) is 18.0 Å². The van der Waals surface area contributed by atoms with E-state index in [1.165, 1.54) is 12.1 Å². The molecule has 0 radical (unpaired) electrons. The predicted octanol–water partition coefficient (Wildman–Crippen LogP) is 5.45. The first-order valence-corrected chi connectivity index (χ1v) is 14.5.